The topological polar surface area (TPSA) is 101 Å². The van der Waals surface area contributed by atoms with Gasteiger partial charge >= 0.3 is 5.97 Å². The summed E-state index contributed by atoms with van der Waals surface area (Å²) in [5, 5.41) is 20.0. The van der Waals surface area contributed by atoms with Crippen molar-refractivity contribution >= 4 is 17.6 Å². The monoisotopic (exact) mass is 294 g/mol. The largest absolute Gasteiger partial charge is 0.480 e. The number of hydrogen-bond donors (Lipinski definition) is 1. The highest BCUT2D eigenvalue weighted by atomic mass is 16.6. The molecule has 1 amide bonds. The van der Waals surface area contributed by atoms with Crippen LogP contribution in [0.3, 0.4) is 0 Å². The normalized spacial score (nSPS) is 11.8. The summed E-state index contributed by atoms with van der Waals surface area (Å²) in [5.41, 5.74) is 0.300. The molecule has 1 aromatic carbocycles. The van der Waals surface area contributed by atoms with Crippen LogP contribution < -0.4 is 0 Å². The first kappa shape index (κ1) is 16.6. The molecule has 7 nitrogen and oxygen atoms in total. The molecule has 0 aliphatic rings. The van der Waals surface area contributed by atoms with Gasteiger partial charge in [0, 0.05) is 12.1 Å². The molecule has 0 aromatic heterocycles. The van der Waals surface area contributed by atoms with E-state index in [1.54, 1.807) is 19.9 Å². The Labute approximate surface area is 122 Å². The van der Waals surface area contributed by atoms with E-state index in [1.807, 2.05) is 6.92 Å². The minimum Gasteiger partial charge on any atom is -0.480 e. The molecule has 1 aromatic rings. The quantitative estimate of drug-likeness (QED) is 0.640. The van der Waals surface area contributed by atoms with Crippen LogP contribution in [0.1, 0.15) is 36.2 Å². The maximum absolute atomic E-state index is 12.5. The molecule has 7 heteroatoms. The molecule has 0 spiro atoms. The lowest BCUT2D eigenvalue weighted by Crippen LogP contribution is -2.42. The summed E-state index contributed by atoms with van der Waals surface area (Å²) in [7, 11) is 0. The lowest BCUT2D eigenvalue weighted by molar-refractivity contribution is -0.385. The smallest absolute Gasteiger partial charge is 0.323 e. The number of amides is 1. The Morgan fingerprint density at radius 2 is 2.05 bits per heavy atom. The van der Waals surface area contributed by atoms with E-state index in [4.69, 9.17) is 5.11 Å². The van der Waals surface area contributed by atoms with Gasteiger partial charge in [0.1, 0.15) is 12.1 Å². The number of nitro groups is 1. The first-order chi connectivity index (χ1) is 9.77. The molecule has 0 heterocycles. The predicted octanol–water partition coefficient (Wildman–Crippen LogP) is 2.23. The van der Waals surface area contributed by atoms with E-state index >= 15 is 0 Å². The molecular weight excluding hydrogens is 276 g/mol. The number of nitro benzene ring substituents is 1. The number of rotatable bonds is 6. The zero-order valence-electron chi connectivity index (χ0n) is 12.2. The second-order valence-corrected chi connectivity index (χ2v) is 4.86. The van der Waals surface area contributed by atoms with E-state index in [0.29, 0.717) is 12.0 Å². The molecule has 1 atom stereocenters. The van der Waals surface area contributed by atoms with Gasteiger partial charge in [-0.25, -0.2) is 0 Å². The van der Waals surface area contributed by atoms with E-state index in [9.17, 15) is 19.7 Å². The molecule has 0 aliphatic heterocycles. The number of benzene rings is 1. The Morgan fingerprint density at radius 1 is 1.43 bits per heavy atom. The molecule has 0 fully saturated rings. The van der Waals surface area contributed by atoms with Crippen LogP contribution in [0.25, 0.3) is 0 Å². The van der Waals surface area contributed by atoms with Crippen molar-refractivity contribution in [3.8, 4) is 0 Å². The Kier molecular flexibility index (Phi) is 5.40. The fourth-order valence-electron chi connectivity index (χ4n) is 1.93. The molecule has 0 aliphatic carbocycles. The minimum absolute atomic E-state index is 0.0819. The van der Waals surface area contributed by atoms with Gasteiger partial charge in [-0.3, -0.25) is 19.7 Å². The summed E-state index contributed by atoms with van der Waals surface area (Å²) >= 11 is 0. The summed E-state index contributed by atoms with van der Waals surface area (Å²) < 4.78 is 0. The fraction of sp³-hybridized carbons (Fsp3) is 0.429. The first-order valence-electron chi connectivity index (χ1n) is 6.55. The van der Waals surface area contributed by atoms with Crippen LogP contribution in [0.2, 0.25) is 0 Å². The molecule has 1 rings (SSSR count). The van der Waals surface area contributed by atoms with Crippen molar-refractivity contribution in [2.24, 2.45) is 0 Å². The van der Waals surface area contributed by atoms with Crippen molar-refractivity contribution in [1.82, 2.24) is 4.90 Å². The number of aryl methyl sites for hydroxylation is 1. The number of carbonyl (C=O) groups is 2. The molecule has 0 bridgehead atoms. The molecule has 114 valence electrons. The van der Waals surface area contributed by atoms with Crippen molar-refractivity contribution in [2.75, 3.05) is 6.54 Å². The van der Waals surface area contributed by atoms with Gasteiger partial charge in [0.25, 0.3) is 11.6 Å². The summed E-state index contributed by atoms with van der Waals surface area (Å²) in [6.07, 6.45) is 0.554. The SMILES string of the molecule is CCC(C)N(CC(=O)O)C(=O)c1cc(C)ccc1[N+](=O)[O-]. The molecular formula is C14H18N2O5. The third-order valence-corrected chi connectivity index (χ3v) is 3.27. The summed E-state index contributed by atoms with van der Waals surface area (Å²) in [5.74, 6) is -1.79. The predicted molar refractivity (Wildman–Crippen MR) is 76.3 cm³/mol. The zero-order valence-corrected chi connectivity index (χ0v) is 12.2. The third kappa shape index (κ3) is 4.01. The van der Waals surface area contributed by atoms with Crippen LogP contribution in [0.4, 0.5) is 5.69 Å². The van der Waals surface area contributed by atoms with Crippen molar-refractivity contribution < 1.29 is 19.6 Å². The Balaban J connectivity index is 3.28. The second kappa shape index (κ2) is 6.83. The van der Waals surface area contributed by atoms with Crippen LogP contribution in [-0.2, 0) is 4.79 Å². The van der Waals surface area contributed by atoms with Gasteiger partial charge in [-0.2, -0.15) is 0 Å². The van der Waals surface area contributed by atoms with Crippen LogP contribution in [0.15, 0.2) is 18.2 Å². The van der Waals surface area contributed by atoms with Gasteiger partial charge in [-0.15, -0.1) is 0 Å². The van der Waals surface area contributed by atoms with Gasteiger partial charge in [0.05, 0.1) is 4.92 Å². The molecule has 0 saturated carbocycles. The highest BCUT2D eigenvalue weighted by Gasteiger charge is 2.28. The first-order valence-corrected chi connectivity index (χ1v) is 6.55. The highest BCUT2D eigenvalue weighted by Crippen LogP contribution is 2.22. The second-order valence-electron chi connectivity index (χ2n) is 4.86. The van der Waals surface area contributed by atoms with Crippen molar-refractivity contribution in [3.63, 3.8) is 0 Å². The van der Waals surface area contributed by atoms with Gasteiger partial charge in [-0.05, 0) is 31.9 Å². The van der Waals surface area contributed by atoms with E-state index < -0.39 is 23.3 Å². The van der Waals surface area contributed by atoms with E-state index in [2.05, 4.69) is 0 Å². The number of carboxylic acids is 1. The lowest BCUT2D eigenvalue weighted by atomic mass is 10.1. The van der Waals surface area contributed by atoms with E-state index in [0.717, 1.165) is 4.90 Å². The Bertz CT molecular complexity index is 570. The summed E-state index contributed by atoms with van der Waals surface area (Å²) in [6.45, 7) is 4.75. The average molecular weight is 294 g/mol. The molecule has 0 saturated heterocycles. The number of nitrogens with zero attached hydrogens (tertiary/aromatic N) is 2. The minimum atomic E-state index is -1.15. The summed E-state index contributed by atoms with van der Waals surface area (Å²) in [4.78, 5) is 35.0. The van der Waals surface area contributed by atoms with Crippen LogP contribution in [-0.4, -0.2) is 39.4 Å². The molecule has 21 heavy (non-hydrogen) atoms. The van der Waals surface area contributed by atoms with E-state index in [-0.39, 0.29) is 17.3 Å². The maximum Gasteiger partial charge on any atom is 0.323 e. The molecule has 0 radical (unpaired) electrons. The third-order valence-electron chi connectivity index (χ3n) is 3.27. The van der Waals surface area contributed by atoms with Gasteiger partial charge in [-0.1, -0.05) is 13.0 Å². The Morgan fingerprint density at radius 3 is 2.52 bits per heavy atom. The molecule has 1 N–H and O–H groups in total. The Hall–Kier alpha value is -2.44. The van der Waals surface area contributed by atoms with Crippen molar-refractivity contribution in [1.29, 1.82) is 0 Å². The number of carbonyl (C=O) groups excluding carboxylic acids is 1. The van der Waals surface area contributed by atoms with E-state index in [1.165, 1.54) is 12.1 Å². The summed E-state index contributed by atoms with van der Waals surface area (Å²) in [6, 6.07) is 3.89. The fourth-order valence-corrected chi connectivity index (χ4v) is 1.93. The average Bonchev–Trinajstić information content (AvgIpc) is 2.42. The van der Waals surface area contributed by atoms with Gasteiger partial charge in [0.15, 0.2) is 0 Å². The molecule has 1 unspecified atom stereocenters. The van der Waals surface area contributed by atoms with Crippen molar-refractivity contribution in [3.05, 3.63) is 39.4 Å². The standard InChI is InChI=1S/C14H18N2O5/c1-4-10(3)15(8-13(17)18)14(19)11-7-9(2)5-6-12(11)16(20)21/h5-7,10H,4,8H2,1-3H3,(H,17,18). The van der Waals surface area contributed by atoms with Crippen LogP contribution in [0.5, 0.6) is 0 Å². The maximum atomic E-state index is 12.5. The highest BCUT2D eigenvalue weighted by molar-refractivity contribution is 5.99. The van der Waals surface area contributed by atoms with Gasteiger partial charge in [0.2, 0.25) is 0 Å². The van der Waals surface area contributed by atoms with Crippen LogP contribution >= 0.6 is 0 Å². The van der Waals surface area contributed by atoms with Crippen LogP contribution in [0, 0.1) is 17.0 Å². The van der Waals surface area contributed by atoms with Crippen molar-refractivity contribution in [2.45, 2.75) is 33.2 Å². The number of aliphatic carboxylic acids is 1. The lowest BCUT2D eigenvalue weighted by Gasteiger charge is -2.27. The number of hydrogen-bond acceptors (Lipinski definition) is 4. The zero-order chi connectivity index (χ0) is 16.2. The number of carboxylic acid groups (broad SMARTS) is 1. The van der Waals surface area contributed by atoms with Gasteiger partial charge < -0.3 is 10.0 Å².